The van der Waals surface area contributed by atoms with E-state index in [1.807, 2.05) is 0 Å². The number of benzene rings is 1. The Kier molecular flexibility index (Phi) is 5.56. The van der Waals surface area contributed by atoms with E-state index in [1.165, 1.54) is 25.1 Å². The topological polar surface area (TPSA) is 84.2 Å². The molecule has 1 fully saturated rings. The number of hydrazine groups is 1. The van der Waals surface area contributed by atoms with Gasteiger partial charge >= 0.3 is 0 Å². The number of halogens is 2. The van der Waals surface area contributed by atoms with Gasteiger partial charge in [0.2, 0.25) is 5.91 Å². The summed E-state index contributed by atoms with van der Waals surface area (Å²) in [5.74, 6) is -1.39. The highest BCUT2D eigenvalue weighted by atomic mass is 35.5. The van der Waals surface area contributed by atoms with Gasteiger partial charge in [0.25, 0.3) is 5.91 Å². The Labute approximate surface area is 155 Å². The van der Waals surface area contributed by atoms with Gasteiger partial charge < -0.3 is 4.52 Å². The van der Waals surface area contributed by atoms with E-state index >= 15 is 0 Å². The van der Waals surface area contributed by atoms with Crippen molar-refractivity contribution in [1.82, 2.24) is 16.0 Å². The van der Waals surface area contributed by atoms with Crippen LogP contribution in [0.5, 0.6) is 0 Å². The summed E-state index contributed by atoms with van der Waals surface area (Å²) in [7, 11) is 0. The molecule has 1 aromatic carbocycles. The molecule has 6 nitrogen and oxygen atoms in total. The van der Waals surface area contributed by atoms with Gasteiger partial charge in [0.05, 0.1) is 10.6 Å². The normalized spacial score (nSPS) is 14.9. The molecule has 0 atom stereocenters. The molecule has 8 heteroatoms. The number of hydrogen-bond acceptors (Lipinski definition) is 4. The predicted octanol–water partition coefficient (Wildman–Crippen LogP) is 3.78. The number of rotatable bonds is 3. The molecule has 2 N–H and O–H groups in total. The van der Waals surface area contributed by atoms with Crippen LogP contribution in [0.4, 0.5) is 4.39 Å². The number of aryl methyl sites for hydroxylation is 1. The lowest BCUT2D eigenvalue weighted by atomic mass is 9.89. The molecule has 1 aromatic heterocycles. The SMILES string of the molecule is Cc1onc(-c2c(F)cccc2Cl)c1C(=O)NNC(=O)C1CCCCC1. The minimum absolute atomic E-state index is 0.00462. The quantitative estimate of drug-likeness (QED) is 0.795. The number of nitrogens with zero attached hydrogens (tertiary/aromatic N) is 1. The summed E-state index contributed by atoms with van der Waals surface area (Å²) >= 11 is 6.06. The maximum atomic E-state index is 14.2. The number of amides is 2. The van der Waals surface area contributed by atoms with Crippen LogP contribution in [0.15, 0.2) is 22.7 Å². The molecule has 0 unspecified atom stereocenters. The molecule has 2 aromatic rings. The van der Waals surface area contributed by atoms with E-state index in [0.717, 1.165) is 32.1 Å². The minimum Gasteiger partial charge on any atom is -0.360 e. The zero-order valence-corrected chi connectivity index (χ0v) is 15.0. The van der Waals surface area contributed by atoms with E-state index in [9.17, 15) is 14.0 Å². The number of carbonyl (C=O) groups is 2. The Hall–Kier alpha value is -2.41. The van der Waals surface area contributed by atoms with Gasteiger partial charge in [-0.25, -0.2) is 4.39 Å². The van der Waals surface area contributed by atoms with E-state index in [0.29, 0.717) is 0 Å². The highest BCUT2D eigenvalue weighted by Gasteiger charge is 2.27. The average Bonchev–Trinajstić information content (AvgIpc) is 3.01. The van der Waals surface area contributed by atoms with E-state index in [-0.39, 0.29) is 39.4 Å². The Morgan fingerprint density at radius 2 is 1.96 bits per heavy atom. The van der Waals surface area contributed by atoms with Crippen molar-refractivity contribution in [3.63, 3.8) is 0 Å². The molecule has 26 heavy (non-hydrogen) atoms. The van der Waals surface area contributed by atoms with Gasteiger partial charge in [-0.3, -0.25) is 20.4 Å². The van der Waals surface area contributed by atoms with Crippen molar-refractivity contribution in [2.45, 2.75) is 39.0 Å². The first-order valence-corrected chi connectivity index (χ1v) is 8.87. The second-order valence-corrected chi connectivity index (χ2v) is 6.74. The number of aromatic nitrogens is 1. The summed E-state index contributed by atoms with van der Waals surface area (Å²) in [5.41, 5.74) is 4.81. The second kappa shape index (κ2) is 7.86. The van der Waals surface area contributed by atoms with Crippen molar-refractivity contribution < 1.29 is 18.5 Å². The third kappa shape index (κ3) is 3.72. The first-order valence-electron chi connectivity index (χ1n) is 8.50. The molecule has 1 heterocycles. The van der Waals surface area contributed by atoms with Gasteiger partial charge in [-0.05, 0) is 31.9 Å². The monoisotopic (exact) mass is 379 g/mol. The number of nitrogens with one attached hydrogen (secondary N) is 2. The first-order chi connectivity index (χ1) is 12.5. The van der Waals surface area contributed by atoms with Gasteiger partial charge in [0.15, 0.2) is 0 Å². The summed E-state index contributed by atoms with van der Waals surface area (Å²) in [5, 5.41) is 3.88. The van der Waals surface area contributed by atoms with Crippen LogP contribution in [0.25, 0.3) is 11.3 Å². The zero-order valence-electron chi connectivity index (χ0n) is 14.3. The molecule has 138 valence electrons. The molecule has 0 bridgehead atoms. The third-order valence-electron chi connectivity index (χ3n) is 4.56. The minimum atomic E-state index is -0.637. The maximum absolute atomic E-state index is 14.2. The fourth-order valence-corrected chi connectivity index (χ4v) is 3.43. The Morgan fingerprint density at radius 1 is 1.23 bits per heavy atom. The van der Waals surface area contributed by atoms with Gasteiger partial charge in [-0.2, -0.15) is 0 Å². The predicted molar refractivity (Wildman–Crippen MR) is 93.8 cm³/mol. The smallest absolute Gasteiger partial charge is 0.275 e. The van der Waals surface area contributed by atoms with Gasteiger partial charge in [-0.15, -0.1) is 0 Å². The zero-order chi connectivity index (χ0) is 18.7. The fraction of sp³-hybridized carbons (Fsp3) is 0.389. The standard InChI is InChI=1S/C18H19ClFN3O3/c1-10-14(16(23-26-10)15-12(19)8-5-9-13(15)20)18(25)22-21-17(24)11-6-3-2-4-7-11/h5,8-9,11H,2-4,6-7H2,1H3,(H,21,24)(H,22,25). The van der Waals surface area contributed by atoms with Crippen molar-refractivity contribution in [1.29, 1.82) is 0 Å². The molecule has 0 aliphatic heterocycles. The van der Waals surface area contributed by atoms with Crippen molar-refractivity contribution >= 4 is 23.4 Å². The average molecular weight is 380 g/mol. The first kappa shape index (κ1) is 18.4. The van der Waals surface area contributed by atoms with Gasteiger partial charge in [-0.1, -0.05) is 42.1 Å². The molecule has 1 aliphatic rings. The van der Waals surface area contributed by atoms with Crippen LogP contribution in [-0.4, -0.2) is 17.0 Å². The Morgan fingerprint density at radius 3 is 2.65 bits per heavy atom. The van der Waals surface area contributed by atoms with Crippen LogP contribution in [0.2, 0.25) is 5.02 Å². The Bertz CT molecular complexity index is 811. The lowest BCUT2D eigenvalue weighted by Crippen LogP contribution is -2.45. The van der Waals surface area contributed by atoms with Crippen LogP contribution < -0.4 is 10.9 Å². The van der Waals surface area contributed by atoms with Crippen LogP contribution >= 0.6 is 11.6 Å². The van der Waals surface area contributed by atoms with Crippen molar-refractivity contribution in [3.05, 3.63) is 40.4 Å². The van der Waals surface area contributed by atoms with Gasteiger partial charge in [0, 0.05) is 5.92 Å². The second-order valence-electron chi connectivity index (χ2n) is 6.34. The van der Waals surface area contributed by atoms with Crippen LogP contribution in [0, 0.1) is 18.7 Å². The van der Waals surface area contributed by atoms with Crippen molar-refractivity contribution in [2.24, 2.45) is 5.92 Å². The van der Waals surface area contributed by atoms with Crippen LogP contribution in [-0.2, 0) is 4.79 Å². The molecule has 0 saturated heterocycles. The van der Waals surface area contributed by atoms with Crippen molar-refractivity contribution in [2.75, 3.05) is 0 Å². The largest absolute Gasteiger partial charge is 0.360 e. The molecule has 3 rings (SSSR count). The van der Waals surface area contributed by atoms with E-state index in [2.05, 4.69) is 16.0 Å². The lowest BCUT2D eigenvalue weighted by molar-refractivity contribution is -0.126. The molecule has 0 spiro atoms. The molecule has 2 amide bonds. The highest BCUT2D eigenvalue weighted by molar-refractivity contribution is 6.33. The van der Waals surface area contributed by atoms with E-state index in [1.54, 1.807) is 0 Å². The van der Waals surface area contributed by atoms with Crippen LogP contribution in [0.3, 0.4) is 0 Å². The van der Waals surface area contributed by atoms with Gasteiger partial charge in [0.1, 0.15) is 22.8 Å². The number of carbonyl (C=O) groups excluding carboxylic acids is 2. The summed E-state index contributed by atoms with van der Waals surface area (Å²) < 4.78 is 19.2. The third-order valence-corrected chi connectivity index (χ3v) is 4.88. The molecule has 0 radical (unpaired) electrons. The summed E-state index contributed by atoms with van der Waals surface area (Å²) in [6.07, 6.45) is 4.76. The summed E-state index contributed by atoms with van der Waals surface area (Å²) in [4.78, 5) is 24.7. The maximum Gasteiger partial charge on any atom is 0.275 e. The fourth-order valence-electron chi connectivity index (χ4n) is 3.18. The molecule has 1 aliphatic carbocycles. The molecule has 1 saturated carbocycles. The number of hydrogen-bond donors (Lipinski definition) is 2. The van der Waals surface area contributed by atoms with Crippen LogP contribution in [0.1, 0.15) is 48.2 Å². The van der Waals surface area contributed by atoms with Crippen molar-refractivity contribution in [3.8, 4) is 11.3 Å². The van der Waals surface area contributed by atoms with E-state index < -0.39 is 11.7 Å². The van der Waals surface area contributed by atoms with E-state index in [4.69, 9.17) is 16.1 Å². The highest BCUT2D eigenvalue weighted by Crippen LogP contribution is 2.33. The summed E-state index contributed by atoms with van der Waals surface area (Å²) in [6.45, 7) is 1.53. The Balaban J connectivity index is 1.78. The summed E-state index contributed by atoms with van der Waals surface area (Å²) in [6, 6.07) is 4.17. The molecular formula is C18H19ClFN3O3. The molecular weight excluding hydrogens is 361 g/mol. The lowest BCUT2D eigenvalue weighted by Gasteiger charge is -2.20.